The minimum absolute atomic E-state index is 0.729. The highest BCUT2D eigenvalue weighted by Crippen LogP contribution is 2.24. The first-order valence-corrected chi connectivity index (χ1v) is 7.17. The predicted octanol–water partition coefficient (Wildman–Crippen LogP) is 3.37. The van der Waals surface area contributed by atoms with Crippen LogP contribution in [0.3, 0.4) is 0 Å². The number of rotatable bonds is 3. The maximum Gasteiger partial charge on any atom is 0.129 e. The molecule has 0 unspecified atom stereocenters. The molecule has 2 aromatic heterocycles. The van der Waals surface area contributed by atoms with Crippen LogP contribution in [0.1, 0.15) is 5.82 Å². The summed E-state index contributed by atoms with van der Waals surface area (Å²) in [6.07, 6.45) is 3.77. The molecular weight excluding hydrogens is 316 g/mol. The maximum atomic E-state index is 4.73. The van der Waals surface area contributed by atoms with Crippen LogP contribution in [0, 0.1) is 0 Å². The second-order valence-corrected chi connectivity index (χ2v) is 5.65. The number of hydrogen-bond donors (Lipinski definition) is 0. The Labute approximate surface area is 126 Å². The molecule has 0 N–H and O–H groups in total. The zero-order valence-electron chi connectivity index (χ0n) is 11.4. The molecule has 3 rings (SSSR count). The van der Waals surface area contributed by atoms with Crippen LogP contribution >= 0.6 is 15.9 Å². The van der Waals surface area contributed by atoms with Crippen LogP contribution < -0.4 is 4.90 Å². The highest BCUT2D eigenvalue weighted by molar-refractivity contribution is 9.10. The van der Waals surface area contributed by atoms with Gasteiger partial charge in [-0.25, -0.2) is 9.97 Å². The Hall–Kier alpha value is -1.88. The van der Waals surface area contributed by atoms with Gasteiger partial charge in [-0.15, -0.1) is 0 Å². The standard InChI is InChI=1S/C15H15BrN4/c1-19-9-8-17-14(19)10-20(2)13-7-6-11-4-3-5-12(16)15(11)18-13/h3-9H,10H2,1-2H3. The number of halogens is 1. The first-order chi connectivity index (χ1) is 9.65. The second-order valence-electron chi connectivity index (χ2n) is 4.79. The average molecular weight is 331 g/mol. The van der Waals surface area contributed by atoms with Crippen LogP contribution in [0.4, 0.5) is 5.82 Å². The number of hydrogen-bond acceptors (Lipinski definition) is 3. The average Bonchev–Trinajstić information content (AvgIpc) is 2.84. The Bertz CT molecular complexity index is 750. The molecule has 0 fully saturated rings. The highest BCUT2D eigenvalue weighted by Gasteiger charge is 2.08. The molecule has 0 radical (unpaired) electrons. The molecule has 0 saturated carbocycles. The summed E-state index contributed by atoms with van der Waals surface area (Å²) >= 11 is 3.55. The van der Waals surface area contributed by atoms with Crippen LogP contribution in [-0.2, 0) is 13.6 Å². The van der Waals surface area contributed by atoms with Gasteiger partial charge >= 0.3 is 0 Å². The van der Waals surface area contributed by atoms with Crippen molar-refractivity contribution in [2.24, 2.45) is 7.05 Å². The summed E-state index contributed by atoms with van der Waals surface area (Å²) in [7, 11) is 4.03. The van der Waals surface area contributed by atoms with Gasteiger partial charge in [-0.2, -0.15) is 0 Å². The van der Waals surface area contributed by atoms with Crippen LogP contribution in [0.15, 0.2) is 47.2 Å². The third-order valence-electron chi connectivity index (χ3n) is 3.35. The SMILES string of the molecule is CN(Cc1nccn1C)c1ccc2cccc(Br)c2n1. The lowest BCUT2D eigenvalue weighted by atomic mass is 10.2. The van der Waals surface area contributed by atoms with Gasteiger partial charge in [0.25, 0.3) is 0 Å². The molecule has 0 spiro atoms. The Kier molecular flexibility index (Phi) is 3.44. The van der Waals surface area contributed by atoms with E-state index < -0.39 is 0 Å². The number of benzene rings is 1. The topological polar surface area (TPSA) is 34.0 Å². The van der Waals surface area contributed by atoms with E-state index in [1.54, 1.807) is 0 Å². The molecule has 3 aromatic rings. The summed E-state index contributed by atoms with van der Waals surface area (Å²) in [4.78, 5) is 11.2. The van der Waals surface area contributed by atoms with Gasteiger partial charge in [0.05, 0.1) is 12.1 Å². The van der Waals surface area contributed by atoms with Gasteiger partial charge in [-0.05, 0) is 34.1 Å². The Balaban J connectivity index is 1.93. The number of nitrogens with zero attached hydrogens (tertiary/aromatic N) is 4. The molecule has 20 heavy (non-hydrogen) atoms. The van der Waals surface area contributed by atoms with Crippen molar-refractivity contribution in [2.45, 2.75) is 6.54 Å². The second kappa shape index (κ2) is 5.25. The van der Waals surface area contributed by atoms with Crippen LogP contribution in [0.25, 0.3) is 10.9 Å². The number of imidazole rings is 1. The van der Waals surface area contributed by atoms with Crippen molar-refractivity contribution in [2.75, 3.05) is 11.9 Å². The van der Waals surface area contributed by atoms with Gasteiger partial charge in [0.1, 0.15) is 11.6 Å². The van der Waals surface area contributed by atoms with E-state index in [1.807, 2.05) is 49.3 Å². The molecule has 0 aliphatic rings. The zero-order valence-corrected chi connectivity index (χ0v) is 13.0. The largest absolute Gasteiger partial charge is 0.352 e. The minimum atomic E-state index is 0.729. The molecule has 0 amide bonds. The summed E-state index contributed by atoms with van der Waals surface area (Å²) < 4.78 is 3.04. The van der Waals surface area contributed by atoms with E-state index in [0.717, 1.165) is 33.6 Å². The third kappa shape index (κ3) is 2.41. The van der Waals surface area contributed by atoms with Gasteiger partial charge in [0, 0.05) is 36.3 Å². The molecular formula is C15H15BrN4. The van der Waals surface area contributed by atoms with E-state index in [0.29, 0.717) is 0 Å². The fourth-order valence-corrected chi connectivity index (χ4v) is 2.63. The number of aromatic nitrogens is 3. The van der Waals surface area contributed by atoms with Crippen molar-refractivity contribution in [3.63, 3.8) is 0 Å². The Morgan fingerprint density at radius 2 is 2.10 bits per heavy atom. The first-order valence-electron chi connectivity index (χ1n) is 6.38. The van der Waals surface area contributed by atoms with Gasteiger partial charge in [-0.3, -0.25) is 0 Å². The van der Waals surface area contributed by atoms with Crippen LogP contribution in [0.5, 0.6) is 0 Å². The fourth-order valence-electron chi connectivity index (χ4n) is 2.16. The lowest BCUT2D eigenvalue weighted by molar-refractivity contribution is 0.756. The summed E-state index contributed by atoms with van der Waals surface area (Å²) in [6, 6.07) is 10.2. The number of fused-ring (bicyclic) bond motifs is 1. The number of aryl methyl sites for hydroxylation is 1. The normalized spacial score (nSPS) is 10.9. The number of anilines is 1. The van der Waals surface area contributed by atoms with E-state index in [2.05, 4.69) is 37.9 Å². The van der Waals surface area contributed by atoms with E-state index >= 15 is 0 Å². The van der Waals surface area contributed by atoms with Crippen molar-refractivity contribution in [3.8, 4) is 0 Å². The van der Waals surface area contributed by atoms with Crippen molar-refractivity contribution in [1.82, 2.24) is 14.5 Å². The van der Waals surface area contributed by atoms with Crippen molar-refractivity contribution < 1.29 is 0 Å². The molecule has 5 heteroatoms. The Morgan fingerprint density at radius 3 is 2.85 bits per heavy atom. The van der Waals surface area contributed by atoms with E-state index in [1.165, 1.54) is 0 Å². The molecule has 4 nitrogen and oxygen atoms in total. The van der Waals surface area contributed by atoms with Gasteiger partial charge < -0.3 is 9.47 Å². The van der Waals surface area contributed by atoms with Gasteiger partial charge in [-0.1, -0.05) is 12.1 Å². The number of para-hydroxylation sites is 1. The molecule has 1 aromatic carbocycles. The maximum absolute atomic E-state index is 4.73. The first kappa shape index (κ1) is 13.1. The zero-order chi connectivity index (χ0) is 14.1. The van der Waals surface area contributed by atoms with Crippen molar-refractivity contribution in [3.05, 3.63) is 53.0 Å². The van der Waals surface area contributed by atoms with Crippen LogP contribution in [-0.4, -0.2) is 21.6 Å². The van der Waals surface area contributed by atoms with E-state index in [-0.39, 0.29) is 0 Å². The summed E-state index contributed by atoms with van der Waals surface area (Å²) in [5.74, 6) is 1.95. The summed E-state index contributed by atoms with van der Waals surface area (Å²) in [5.41, 5.74) is 0.983. The van der Waals surface area contributed by atoms with Crippen molar-refractivity contribution >= 4 is 32.7 Å². The predicted molar refractivity (Wildman–Crippen MR) is 84.8 cm³/mol. The fraction of sp³-hybridized carbons (Fsp3) is 0.200. The van der Waals surface area contributed by atoms with Gasteiger partial charge in [0.15, 0.2) is 0 Å². The molecule has 0 bridgehead atoms. The lowest BCUT2D eigenvalue weighted by Crippen LogP contribution is -2.20. The molecule has 0 aliphatic carbocycles. The summed E-state index contributed by atoms with van der Waals surface area (Å²) in [6.45, 7) is 0.729. The summed E-state index contributed by atoms with van der Waals surface area (Å²) in [5, 5.41) is 1.13. The van der Waals surface area contributed by atoms with Gasteiger partial charge in [0.2, 0.25) is 0 Å². The minimum Gasteiger partial charge on any atom is -0.352 e. The third-order valence-corrected chi connectivity index (χ3v) is 3.99. The molecule has 0 saturated heterocycles. The van der Waals surface area contributed by atoms with E-state index in [9.17, 15) is 0 Å². The molecule has 0 atom stereocenters. The van der Waals surface area contributed by atoms with E-state index in [4.69, 9.17) is 4.98 Å². The molecule has 102 valence electrons. The monoisotopic (exact) mass is 330 g/mol. The van der Waals surface area contributed by atoms with Crippen LogP contribution in [0.2, 0.25) is 0 Å². The van der Waals surface area contributed by atoms with Crippen molar-refractivity contribution in [1.29, 1.82) is 0 Å². The Morgan fingerprint density at radius 1 is 1.25 bits per heavy atom. The number of pyridine rings is 1. The highest BCUT2D eigenvalue weighted by atomic mass is 79.9. The smallest absolute Gasteiger partial charge is 0.129 e. The molecule has 0 aliphatic heterocycles. The quantitative estimate of drug-likeness (QED) is 0.738. The lowest BCUT2D eigenvalue weighted by Gasteiger charge is -2.18. The molecule has 2 heterocycles.